The van der Waals surface area contributed by atoms with Crippen molar-refractivity contribution in [2.24, 2.45) is 0 Å². The van der Waals surface area contributed by atoms with Crippen LogP contribution in [0.3, 0.4) is 0 Å². The number of carboxylic acid groups (broad SMARTS) is 1. The number of aliphatic hydroxyl groups is 1. The standard InChI is InChI=1S/C12H15N3O6/c16-7-10(11(17)18)14-12(19)13-6-5-8-1-3-9(4-2-8)15(20)21/h1-4,10,16H,5-7H2,(H,17,18)(H2,13,14,19)/t10-/m0/s1. The summed E-state index contributed by atoms with van der Waals surface area (Å²) in [6.45, 7) is -0.480. The normalized spacial score (nSPS) is 11.5. The van der Waals surface area contributed by atoms with Gasteiger partial charge in [0, 0.05) is 18.7 Å². The number of carboxylic acids is 1. The van der Waals surface area contributed by atoms with Crippen LogP contribution in [0.5, 0.6) is 0 Å². The first kappa shape index (κ1) is 16.4. The highest BCUT2D eigenvalue weighted by Gasteiger charge is 2.18. The van der Waals surface area contributed by atoms with E-state index in [0.29, 0.717) is 6.42 Å². The number of amides is 2. The van der Waals surface area contributed by atoms with Crippen molar-refractivity contribution < 1.29 is 24.7 Å². The summed E-state index contributed by atoms with van der Waals surface area (Å²) in [5.41, 5.74) is 0.773. The zero-order chi connectivity index (χ0) is 15.8. The summed E-state index contributed by atoms with van der Waals surface area (Å²) in [6.07, 6.45) is 0.433. The number of urea groups is 1. The van der Waals surface area contributed by atoms with E-state index < -0.39 is 29.6 Å². The lowest BCUT2D eigenvalue weighted by Crippen LogP contribution is -2.48. The van der Waals surface area contributed by atoms with E-state index in [2.05, 4.69) is 10.6 Å². The Bertz CT molecular complexity index is 516. The SMILES string of the molecule is O=C(NCCc1ccc([N+](=O)[O-])cc1)N[C@@H](CO)C(=O)O. The molecule has 0 aliphatic carbocycles. The van der Waals surface area contributed by atoms with Crippen LogP contribution in [-0.2, 0) is 11.2 Å². The number of non-ortho nitro benzene ring substituents is 1. The van der Waals surface area contributed by atoms with Gasteiger partial charge in [-0.25, -0.2) is 9.59 Å². The van der Waals surface area contributed by atoms with Gasteiger partial charge in [0.1, 0.15) is 0 Å². The Morgan fingerprint density at radius 3 is 2.38 bits per heavy atom. The molecule has 0 spiro atoms. The molecule has 0 saturated carbocycles. The summed E-state index contributed by atoms with van der Waals surface area (Å²) in [4.78, 5) is 31.9. The number of nitrogens with zero attached hydrogens (tertiary/aromatic N) is 1. The summed E-state index contributed by atoms with van der Waals surface area (Å²) in [5.74, 6) is -1.33. The van der Waals surface area contributed by atoms with Crippen molar-refractivity contribution in [2.45, 2.75) is 12.5 Å². The summed E-state index contributed by atoms with van der Waals surface area (Å²) in [6, 6.07) is 3.81. The number of nitrogens with one attached hydrogen (secondary N) is 2. The molecule has 0 unspecified atom stereocenters. The Morgan fingerprint density at radius 2 is 1.90 bits per heavy atom. The molecule has 0 saturated heterocycles. The Morgan fingerprint density at radius 1 is 1.29 bits per heavy atom. The summed E-state index contributed by atoms with van der Waals surface area (Å²) in [5, 5.41) is 32.4. The third-order valence-electron chi connectivity index (χ3n) is 2.63. The second-order valence-electron chi connectivity index (χ2n) is 4.15. The van der Waals surface area contributed by atoms with Gasteiger partial charge < -0.3 is 20.8 Å². The van der Waals surface area contributed by atoms with Gasteiger partial charge in [0.2, 0.25) is 0 Å². The van der Waals surface area contributed by atoms with E-state index in [4.69, 9.17) is 10.2 Å². The van der Waals surface area contributed by atoms with Gasteiger partial charge in [0.25, 0.3) is 5.69 Å². The predicted molar refractivity (Wildman–Crippen MR) is 71.8 cm³/mol. The minimum absolute atomic E-state index is 0.0169. The van der Waals surface area contributed by atoms with E-state index in [1.807, 2.05) is 0 Å². The number of carbonyl (C=O) groups is 2. The van der Waals surface area contributed by atoms with Crippen molar-refractivity contribution >= 4 is 17.7 Å². The van der Waals surface area contributed by atoms with Crippen molar-refractivity contribution in [1.82, 2.24) is 10.6 Å². The molecule has 9 heteroatoms. The zero-order valence-corrected chi connectivity index (χ0v) is 11.0. The molecule has 0 radical (unpaired) electrons. The average Bonchev–Trinajstić information content (AvgIpc) is 2.45. The molecule has 0 heterocycles. The quantitative estimate of drug-likeness (QED) is 0.408. The number of nitro groups is 1. The molecule has 21 heavy (non-hydrogen) atoms. The summed E-state index contributed by atoms with van der Waals surface area (Å²) in [7, 11) is 0. The van der Waals surface area contributed by atoms with E-state index in [1.54, 1.807) is 12.1 Å². The van der Waals surface area contributed by atoms with Crippen molar-refractivity contribution in [3.05, 3.63) is 39.9 Å². The number of aliphatic hydroxyl groups excluding tert-OH is 1. The van der Waals surface area contributed by atoms with Crippen LogP contribution in [0.15, 0.2) is 24.3 Å². The van der Waals surface area contributed by atoms with Gasteiger partial charge in [0.05, 0.1) is 11.5 Å². The van der Waals surface area contributed by atoms with Crippen molar-refractivity contribution in [3.8, 4) is 0 Å². The molecule has 9 nitrogen and oxygen atoms in total. The third kappa shape index (κ3) is 5.45. The van der Waals surface area contributed by atoms with E-state index in [9.17, 15) is 19.7 Å². The Hall–Kier alpha value is -2.68. The molecule has 114 valence electrons. The first-order chi connectivity index (χ1) is 9.93. The fourth-order valence-electron chi connectivity index (χ4n) is 1.50. The zero-order valence-electron chi connectivity index (χ0n) is 11.0. The third-order valence-corrected chi connectivity index (χ3v) is 2.63. The molecule has 4 N–H and O–H groups in total. The van der Waals surface area contributed by atoms with Crippen LogP contribution in [0.25, 0.3) is 0 Å². The highest BCUT2D eigenvalue weighted by molar-refractivity contribution is 5.82. The molecule has 0 aliphatic heterocycles. The number of carbonyl (C=O) groups excluding carboxylic acids is 1. The van der Waals surface area contributed by atoms with Crippen LogP contribution in [0.4, 0.5) is 10.5 Å². The van der Waals surface area contributed by atoms with Gasteiger partial charge in [-0.05, 0) is 12.0 Å². The van der Waals surface area contributed by atoms with Crippen molar-refractivity contribution in [2.75, 3.05) is 13.2 Å². The minimum atomic E-state index is -1.36. The lowest BCUT2D eigenvalue weighted by molar-refractivity contribution is -0.384. The Labute approximate surface area is 119 Å². The van der Waals surface area contributed by atoms with E-state index >= 15 is 0 Å². The number of aliphatic carboxylic acids is 1. The van der Waals surface area contributed by atoms with Gasteiger partial charge >= 0.3 is 12.0 Å². The number of hydrogen-bond donors (Lipinski definition) is 4. The molecule has 1 atom stereocenters. The van der Waals surface area contributed by atoms with E-state index in [0.717, 1.165) is 5.56 Å². The maximum absolute atomic E-state index is 11.4. The van der Waals surface area contributed by atoms with Gasteiger partial charge in [-0.15, -0.1) is 0 Å². The molecule has 1 rings (SSSR count). The van der Waals surface area contributed by atoms with Crippen LogP contribution in [0, 0.1) is 10.1 Å². The first-order valence-electron chi connectivity index (χ1n) is 6.05. The molecule has 0 fully saturated rings. The van der Waals surface area contributed by atoms with Crippen molar-refractivity contribution in [1.29, 1.82) is 0 Å². The van der Waals surface area contributed by atoms with Gasteiger partial charge in [0.15, 0.2) is 6.04 Å². The molecular formula is C12H15N3O6. The molecule has 2 amide bonds. The smallest absolute Gasteiger partial charge is 0.328 e. The maximum Gasteiger partial charge on any atom is 0.328 e. The van der Waals surface area contributed by atoms with Gasteiger partial charge in [-0.3, -0.25) is 10.1 Å². The summed E-state index contributed by atoms with van der Waals surface area (Å²) < 4.78 is 0. The van der Waals surface area contributed by atoms with Crippen LogP contribution >= 0.6 is 0 Å². The largest absolute Gasteiger partial charge is 0.480 e. The number of nitro benzene ring substituents is 1. The van der Waals surface area contributed by atoms with Crippen LogP contribution < -0.4 is 10.6 Å². The molecule has 0 aromatic heterocycles. The monoisotopic (exact) mass is 297 g/mol. The topological polar surface area (TPSA) is 142 Å². The molecule has 0 aliphatic rings. The minimum Gasteiger partial charge on any atom is -0.480 e. The number of hydrogen-bond acceptors (Lipinski definition) is 5. The lowest BCUT2D eigenvalue weighted by Gasteiger charge is -2.12. The Kier molecular flexibility index (Phi) is 6.08. The predicted octanol–water partition coefficient (Wildman–Crippen LogP) is -0.118. The molecule has 1 aromatic carbocycles. The number of rotatable bonds is 7. The summed E-state index contributed by atoms with van der Waals surface area (Å²) >= 11 is 0. The first-order valence-corrected chi connectivity index (χ1v) is 6.05. The van der Waals surface area contributed by atoms with Crippen LogP contribution in [0.2, 0.25) is 0 Å². The van der Waals surface area contributed by atoms with Gasteiger partial charge in [-0.1, -0.05) is 12.1 Å². The second kappa shape index (κ2) is 7.80. The van der Waals surface area contributed by atoms with Crippen LogP contribution in [-0.4, -0.2) is 46.3 Å². The van der Waals surface area contributed by atoms with E-state index in [1.165, 1.54) is 12.1 Å². The van der Waals surface area contributed by atoms with E-state index in [-0.39, 0.29) is 12.2 Å². The maximum atomic E-state index is 11.4. The van der Waals surface area contributed by atoms with Crippen LogP contribution in [0.1, 0.15) is 5.56 Å². The fraction of sp³-hybridized carbons (Fsp3) is 0.333. The number of benzene rings is 1. The molecule has 1 aromatic rings. The highest BCUT2D eigenvalue weighted by Crippen LogP contribution is 2.11. The second-order valence-corrected chi connectivity index (χ2v) is 4.15. The molecular weight excluding hydrogens is 282 g/mol. The van der Waals surface area contributed by atoms with Gasteiger partial charge in [-0.2, -0.15) is 0 Å². The van der Waals surface area contributed by atoms with Crippen molar-refractivity contribution in [3.63, 3.8) is 0 Å². The fourth-order valence-corrected chi connectivity index (χ4v) is 1.50. The Balaban J connectivity index is 2.37. The highest BCUT2D eigenvalue weighted by atomic mass is 16.6. The lowest BCUT2D eigenvalue weighted by atomic mass is 10.1. The average molecular weight is 297 g/mol. The molecule has 0 bridgehead atoms.